The molecule has 0 saturated heterocycles. The van der Waals surface area contributed by atoms with Gasteiger partial charge in [-0.05, 0) is 51.3 Å². The number of carbonyl (C=O) groups excluding carboxylic acids is 1. The minimum absolute atomic E-state index is 0.0224. The molecule has 0 aliphatic carbocycles. The third kappa shape index (κ3) is 5.28. The average Bonchev–Trinajstić information content (AvgIpc) is 3.74. The predicted molar refractivity (Wildman–Crippen MR) is 165 cm³/mol. The molecule has 5 aromatic rings. The molecule has 0 radical (unpaired) electrons. The number of rotatable bonds is 8. The lowest BCUT2D eigenvalue weighted by Crippen LogP contribution is -2.44. The number of aliphatic hydroxyl groups excluding tert-OH is 1. The number of aromatic nitrogens is 5. The van der Waals surface area contributed by atoms with Crippen LogP contribution in [-0.4, -0.2) is 59.2 Å². The molecule has 9 nitrogen and oxygen atoms in total. The second kappa shape index (κ2) is 11.6. The molecular weight excluding hydrogens is 586 g/mol. The molecule has 1 aliphatic rings. The number of hydrogen-bond acceptors (Lipinski definition) is 7. The van der Waals surface area contributed by atoms with Crippen LogP contribution in [0.1, 0.15) is 39.4 Å². The number of fused-ring (bicyclic) bond motifs is 2. The first-order valence-electron chi connectivity index (χ1n) is 14.3. The highest BCUT2D eigenvalue weighted by Gasteiger charge is 2.30. The van der Waals surface area contributed by atoms with Crippen LogP contribution in [0.2, 0.25) is 0 Å². The van der Waals surface area contributed by atoms with Crippen molar-refractivity contribution < 1.29 is 23.4 Å². The molecule has 44 heavy (non-hydrogen) atoms. The first kappa shape index (κ1) is 29.6. The van der Waals surface area contributed by atoms with Crippen molar-refractivity contribution in [2.75, 3.05) is 6.61 Å². The molecule has 0 saturated carbocycles. The topological polar surface area (TPSA) is 98.3 Å². The van der Waals surface area contributed by atoms with E-state index in [1.807, 2.05) is 53.8 Å². The quantitative estimate of drug-likeness (QED) is 0.207. The molecule has 0 bridgehead atoms. The number of ether oxygens (including phenoxy) is 1. The number of benzene rings is 1. The molecule has 1 amide bonds. The van der Waals surface area contributed by atoms with Gasteiger partial charge >= 0.3 is 0 Å². The zero-order valence-corrected chi connectivity index (χ0v) is 25.6. The van der Waals surface area contributed by atoms with E-state index < -0.39 is 17.7 Å². The van der Waals surface area contributed by atoms with Crippen LogP contribution in [0.25, 0.3) is 43.9 Å². The summed E-state index contributed by atoms with van der Waals surface area (Å²) in [6.07, 6.45) is 4.10. The fourth-order valence-corrected chi connectivity index (χ4v) is 6.42. The fourth-order valence-electron chi connectivity index (χ4n) is 5.47. The molecular formula is C32H32F2N6O3S. The zero-order valence-electron chi connectivity index (χ0n) is 24.8. The summed E-state index contributed by atoms with van der Waals surface area (Å²) in [5.74, 6) is -1.87. The molecule has 6 rings (SSSR count). The summed E-state index contributed by atoms with van der Waals surface area (Å²) in [6, 6.07) is 5.69. The van der Waals surface area contributed by atoms with Crippen molar-refractivity contribution in [2.45, 2.75) is 59.0 Å². The molecule has 2 unspecified atom stereocenters. The van der Waals surface area contributed by atoms with Crippen LogP contribution in [0.5, 0.6) is 5.75 Å². The van der Waals surface area contributed by atoms with Gasteiger partial charge in [-0.2, -0.15) is 10.2 Å². The Labute approximate surface area is 257 Å². The Hall–Kier alpha value is -4.42. The molecule has 1 N–H and O–H groups in total. The number of amides is 1. The van der Waals surface area contributed by atoms with Crippen LogP contribution >= 0.6 is 11.3 Å². The van der Waals surface area contributed by atoms with Crippen molar-refractivity contribution >= 4 is 27.3 Å². The van der Waals surface area contributed by atoms with Gasteiger partial charge in [-0.15, -0.1) is 11.3 Å². The van der Waals surface area contributed by atoms with Gasteiger partial charge in [0.05, 0.1) is 42.3 Å². The van der Waals surface area contributed by atoms with Crippen molar-refractivity contribution in [2.24, 2.45) is 0 Å². The zero-order chi connectivity index (χ0) is 31.3. The van der Waals surface area contributed by atoms with E-state index in [4.69, 9.17) is 14.8 Å². The summed E-state index contributed by atoms with van der Waals surface area (Å²) in [6.45, 7) is 11.8. The van der Waals surface area contributed by atoms with E-state index in [-0.39, 0.29) is 35.9 Å². The molecule has 1 aliphatic heterocycles. The number of aliphatic hydroxyl groups is 1. The summed E-state index contributed by atoms with van der Waals surface area (Å²) in [7, 11) is 0. The maximum atomic E-state index is 15.9. The second-order valence-corrected chi connectivity index (χ2v) is 12.2. The first-order valence-corrected chi connectivity index (χ1v) is 15.2. The lowest BCUT2D eigenvalue weighted by atomic mass is 9.97. The van der Waals surface area contributed by atoms with E-state index in [2.05, 4.69) is 11.7 Å². The highest BCUT2D eigenvalue weighted by Crippen LogP contribution is 2.47. The normalized spacial score (nSPS) is 15.5. The van der Waals surface area contributed by atoms with Gasteiger partial charge in [-0.25, -0.2) is 13.8 Å². The number of hydrogen-bond donors (Lipinski definition) is 1. The number of nitrogens with zero attached hydrogens (tertiary/aromatic N) is 6. The van der Waals surface area contributed by atoms with E-state index in [9.17, 15) is 14.3 Å². The van der Waals surface area contributed by atoms with E-state index in [1.54, 1.807) is 11.1 Å². The van der Waals surface area contributed by atoms with Gasteiger partial charge in [0.15, 0.2) is 0 Å². The van der Waals surface area contributed by atoms with Gasteiger partial charge in [0.2, 0.25) is 5.91 Å². The van der Waals surface area contributed by atoms with Gasteiger partial charge in [0.1, 0.15) is 35.4 Å². The fraction of sp³-hybridized carbons (Fsp3) is 0.312. The number of thiophene rings is 1. The van der Waals surface area contributed by atoms with E-state index in [0.717, 1.165) is 28.8 Å². The summed E-state index contributed by atoms with van der Waals surface area (Å²) in [5, 5.41) is 22.0. The SMILES string of the molecule is C=CC(=O)N1Cc2cc(-c3nc(-c4cnn(C(C)C)c4)c4ccsc4c3-c3c(F)cc(F)cc3OCC(C)O)nn2CC1C. The molecule has 228 valence electrons. The molecule has 4 aromatic heterocycles. The van der Waals surface area contributed by atoms with Gasteiger partial charge in [-0.3, -0.25) is 14.2 Å². The Morgan fingerprint density at radius 2 is 2.02 bits per heavy atom. The van der Waals surface area contributed by atoms with Crippen LogP contribution in [0.15, 0.2) is 54.7 Å². The lowest BCUT2D eigenvalue weighted by Gasteiger charge is -2.33. The molecule has 1 aromatic carbocycles. The minimum atomic E-state index is -0.864. The van der Waals surface area contributed by atoms with Crippen LogP contribution in [-0.2, 0) is 17.9 Å². The predicted octanol–water partition coefficient (Wildman–Crippen LogP) is 6.23. The smallest absolute Gasteiger partial charge is 0.246 e. The Kier molecular flexibility index (Phi) is 7.80. The van der Waals surface area contributed by atoms with Gasteiger partial charge in [0, 0.05) is 51.6 Å². The molecule has 5 heterocycles. The summed E-state index contributed by atoms with van der Waals surface area (Å²) in [4.78, 5) is 19.4. The van der Waals surface area contributed by atoms with E-state index in [0.29, 0.717) is 40.4 Å². The van der Waals surface area contributed by atoms with Crippen molar-refractivity contribution in [1.29, 1.82) is 0 Å². The Bertz CT molecular complexity index is 1890. The summed E-state index contributed by atoms with van der Waals surface area (Å²) >= 11 is 1.40. The largest absolute Gasteiger partial charge is 0.490 e. The summed E-state index contributed by atoms with van der Waals surface area (Å²) < 4.78 is 40.6. The van der Waals surface area contributed by atoms with Gasteiger partial charge in [0.25, 0.3) is 0 Å². The van der Waals surface area contributed by atoms with Crippen molar-refractivity contribution in [1.82, 2.24) is 29.4 Å². The van der Waals surface area contributed by atoms with Crippen LogP contribution in [0.3, 0.4) is 0 Å². The van der Waals surface area contributed by atoms with Crippen molar-refractivity contribution in [3.63, 3.8) is 0 Å². The minimum Gasteiger partial charge on any atom is -0.490 e. The highest BCUT2D eigenvalue weighted by molar-refractivity contribution is 7.18. The molecule has 0 fully saturated rings. The molecule has 2 atom stereocenters. The molecule has 0 spiro atoms. The van der Waals surface area contributed by atoms with Crippen LogP contribution < -0.4 is 4.74 Å². The Morgan fingerprint density at radius 1 is 1.23 bits per heavy atom. The Balaban J connectivity index is 1.62. The number of pyridine rings is 1. The van der Waals surface area contributed by atoms with Crippen molar-refractivity contribution in [3.05, 3.63) is 72.0 Å². The van der Waals surface area contributed by atoms with Crippen molar-refractivity contribution in [3.8, 4) is 39.5 Å². The standard InChI is InChI=1S/C32H32F2N6O3S/c1-6-27(42)38-15-22-11-25(37-40(22)13-18(38)4)31-29(28-24(34)9-21(33)10-26(28)43-16-19(5)41)32-23(7-8-44-32)30(36-31)20-12-35-39(14-20)17(2)3/h6-12,14,17-19,41H,1,13,15-16H2,2-5H3. The lowest BCUT2D eigenvalue weighted by molar-refractivity contribution is -0.129. The monoisotopic (exact) mass is 618 g/mol. The maximum Gasteiger partial charge on any atom is 0.246 e. The second-order valence-electron chi connectivity index (χ2n) is 11.3. The van der Waals surface area contributed by atoms with Gasteiger partial charge in [-0.1, -0.05) is 6.58 Å². The van der Waals surface area contributed by atoms with E-state index >= 15 is 4.39 Å². The highest BCUT2D eigenvalue weighted by atomic mass is 32.1. The average molecular weight is 619 g/mol. The number of carbonyl (C=O) groups is 1. The Morgan fingerprint density at radius 3 is 2.73 bits per heavy atom. The molecule has 12 heteroatoms. The van der Waals surface area contributed by atoms with E-state index in [1.165, 1.54) is 24.3 Å². The first-order chi connectivity index (χ1) is 21.0. The number of halogens is 2. The van der Waals surface area contributed by atoms with Crippen LogP contribution in [0.4, 0.5) is 8.78 Å². The maximum absolute atomic E-state index is 15.9. The third-order valence-electron chi connectivity index (χ3n) is 7.63. The summed E-state index contributed by atoms with van der Waals surface area (Å²) in [5.41, 5.74) is 3.46. The third-order valence-corrected chi connectivity index (χ3v) is 8.56. The van der Waals surface area contributed by atoms with Gasteiger partial charge < -0.3 is 14.7 Å². The van der Waals surface area contributed by atoms with Crippen LogP contribution in [0, 0.1) is 11.6 Å².